The van der Waals surface area contributed by atoms with Crippen LogP contribution in [0.2, 0.25) is 10.0 Å². The molecule has 0 saturated carbocycles. The van der Waals surface area contributed by atoms with Crippen molar-refractivity contribution >= 4 is 46.5 Å². The summed E-state index contributed by atoms with van der Waals surface area (Å²) in [6.45, 7) is 2.13. The second kappa shape index (κ2) is 6.49. The number of nitrogens with zero attached hydrogens (tertiary/aromatic N) is 1. The molecule has 2 aromatic rings. The molecule has 4 rings (SSSR count). The average molecular weight is 390 g/mol. The van der Waals surface area contributed by atoms with Gasteiger partial charge in [-0.25, -0.2) is 9.69 Å². The molecule has 2 unspecified atom stereocenters. The quantitative estimate of drug-likeness (QED) is 0.748. The number of carbonyl (C=O) groups is 2. The zero-order valence-electron chi connectivity index (χ0n) is 14.1. The smallest absolute Gasteiger partial charge is 0.329 e. The fourth-order valence-electron chi connectivity index (χ4n) is 3.69. The van der Waals surface area contributed by atoms with Crippen LogP contribution in [0.5, 0.6) is 0 Å². The zero-order chi connectivity index (χ0) is 18.4. The summed E-state index contributed by atoms with van der Waals surface area (Å²) in [5, 5.41) is 7.14. The minimum absolute atomic E-state index is 0.0293. The lowest BCUT2D eigenvalue weighted by atomic mass is 9.82. The topological polar surface area (TPSA) is 61.4 Å². The summed E-state index contributed by atoms with van der Waals surface area (Å²) in [6, 6.07) is 11.0. The molecule has 7 heteroatoms. The fraction of sp³-hybridized carbons (Fsp3) is 0.263. The number of halogens is 2. The second-order valence-electron chi connectivity index (χ2n) is 6.67. The molecule has 3 amide bonds. The molecule has 26 heavy (non-hydrogen) atoms. The second-order valence-corrected chi connectivity index (χ2v) is 7.51. The summed E-state index contributed by atoms with van der Waals surface area (Å²) in [6.07, 6.45) is 0.854. The fourth-order valence-corrected chi connectivity index (χ4v) is 4.25. The summed E-state index contributed by atoms with van der Waals surface area (Å²) in [7, 11) is 0. The predicted molar refractivity (Wildman–Crippen MR) is 103 cm³/mol. The normalized spacial score (nSPS) is 22.0. The van der Waals surface area contributed by atoms with Crippen LogP contribution in [0, 0.1) is 0 Å². The molecular weight excluding hydrogens is 373 g/mol. The van der Waals surface area contributed by atoms with Gasteiger partial charge in [0.25, 0.3) is 5.91 Å². The van der Waals surface area contributed by atoms with Gasteiger partial charge in [0.05, 0.1) is 22.9 Å². The van der Waals surface area contributed by atoms with Crippen molar-refractivity contribution in [2.45, 2.75) is 25.3 Å². The third kappa shape index (κ3) is 2.91. The van der Waals surface area contributed by atoms with Crippen LogP contribution < -0.4 is 15.5 Å². The number of hydrogen-bond donors (Lipinski definition) is 2. The Balaban J connectivity index is 1.78. The van der Waals surface area contributed by atoms with Crippen molar-refractivity contribution < 1.29 is 9.59 Å². The van der Waals surface area contributed by atoms with Crippen molar-refractivity contribution in [1.29, 1.82) is 0 Å². The SMILES string of the molecule is CC1CC(c2cccc(N3C(=O)CNC3=O)c2)c2cc(Cl)cc(Cl)c2N1. The van der Waals surface area contributed by atoms with E-state index in [4.69, 9.17) is 23.2 Å². The van der Waals surface area contributed by atoms with E-state index in [2.05, 4.69) is 17.6 Å². The van der Waals surface area contributed by atoms with Crippen molar-refractivity contribution in [3.8, 4) is 0 Å². The van der Waals surface area contributed by atoms with Crippen LogP contribution in [0.1, 0.15) is 30.4 Å². The van der Waals surface area contributed by atoms with Crippen molar-refractivity contribution in [3.63, 3.8) is 0 Å². The molecule has 1 saturated heterocycles. The number of carbonyl (C=O) groups excluding carboxylic acids is 2. The first-order valence-electron chi connectivity index (χ1n) is 8.40. The van der Waals surface area contributed by atoms with Gasteiger partial charge in [-0.05, 0) is 48.7 Å². The molecular formula is C19H17Cl2N3O2. The molecule has 2 N–H and O–H groups in total. The van der Waals surface area contributed by atoms with E-state index in [0.29, 0.717) is 15.7 Å². The number of amides is 3. The van der Waals surface area contributed by atoms with Crippen molar-refractivity contribution in [2.75, 3.05) is 16.8 Å². The maximum Gasteiger partial charge on any atom is 0.329 e. The molecule has 2 aromatic carbocycles. The Kier molecular flexibility index (Phi) is 4.29. The van der Waals surface area contributed by atoms with Gasteiger partial charge in [-0.1, -0.05) is 35.3 Å². The van der Waals surface area contributed by atoms with E-state index >= 15 is 0 Å². The number of nitrogens with one attached hydrogen (secondary N) is 2. The first-order valence-corrected chi connectivity index (χ1v) is 9.16. The number of urea groups is 1. The van der Waals surface area contributed by atoms with Gasteiger partial charge in [0, 0.05) is 17.0 Å². The van der Waals surface area contributed by atoms with E-state index in [1.807, 2.05) is 24.3 Å². The minimum Gasteiger partial charge on any atom is -0.381 e. The van der Waals surface area contributed by atoms with Crippen LogP contribution in [0.3, 0.4) is 0 Å². The van der Waals surface area contributed by atoms with Gasteiger partial charge in [-0.15, -0.1) is 0 Å². The largest absolute Gasteiger partial charge is 0.381 e. The highest BCUT2D eigenvalue weighted by atomic mass is 35.5. The van der Waals surface area contributed by atoms with Crippen molar-refractivity contribution in [1.82, 2.24) is 5.32 Å². The molecule has 134 valence electrons. The number of rotatable bonds is 2. The minimum atomic E-state index is -0.391. The molecule has 0 aliphatic carbocycles. The summed E-state index contributed by atoms with van der Waals surface area (Å²) in [5.74, 6) is -0.185. The van der Waals surface area contributed by atoms with E-state index in [1.54, 1.807) is 12.1 Å². The van der Waals surface area contributed by atoms with E-state index in [0.717, 1.165) is 23.2 Å². The number of hydrogen-bond acceptors (Lipinski definition) is 3. The molecule has 0 bridgehead atoms. The molecule has 2 heterocycles. The van der Waals surface area contributed by atoms with Crippen LogP contribution in [0.15, 0.2) is 36.4 Å². The van der Waals surface area contributed by atoms with E-state index in [1.165, 1.54) is 4.90 Å². The van der Waals surface area contributed by atoms with Gasteiger partial charge < -0.3 is 10.6 Å². The van der Waals surface area contributed by atoms with E-state index < -0.39 is 6.03 Å². The van der Waals surface area contributed by atoms with E-state index in [9.17, 15) is 9.59 Å². The Hall–Kier alpha value is -2.24. The number of benzene rings is 2. The third-order valence-electron chi connectivity index (χ3n) is 4.82. The van der Waals surface area contributed by atoms with Gasteiger partial charge in [0.2, 0.25) is 0 Å². The summed E-state index contributed by atoms with van der Waals surface area (Å²) < 4.78 is 0. The molecule has 2 aliphatic rings. The van der Waals surface area contributed by atoms with Gasteiger partial charge in [-0.2, -0.15) is 0 Å². The lowest BCUT2D eigenvalue weighted by Crippen LogP contribution is -2.31. The predicted octanol–water partition coefficient (Wildman–Crippen LogP) is 4.39. The van der Waals surface area contributed by atoms with Gasteiger partial charge in [0.15, 0.2) is 0 Å². The van der Waals surface area contributed by atoms with E-state index in [-0.39, 0.29) is 24.4 Å². The summed E-state index contributed by atoms with van der Waals surface area (Å²) >= 11 is 12.6. The molecule has 2 atom stereocenters. The Bertz CT molecular complexity index is 900. The lowest BCUT2D eigenvalue weighted by molar-refractivity contribution is -0.115. The van der Waals surface area contributed by atoms with Crippen LogP contribution in [0.4, 0.5) is 16.2 Å². The Morgan fingerprint density at radius 1 is 1.15 bits per heavy atom. The first-order chi connectivity index (χ1) is 12.4. The number of anilines is 2. The molecule has 0 radical (unpaired) electrons. The molecule has 0 spiro atoms. The van der Waals surface area contributed by atoms with Crippen molar-refractivity contribution in [2.24, 2.45) is 0 Å². The third-order valence-corrected chi connectivity index (χ3v) is 5.33. The highest BCUT2D eigenvalue weighted by Crippen LogP contribution is 2.44. The standard InChI is InChI=1S/C19H17Cl2N3O2/c1-10-5-14(15-7-12(20)8-16(21)18(15)23-10)11-3-2-4-13(6-11)24-17(25)9-22-19(24)26/h2-4,6-8,10,14,23H,5,9H2,1H3,(H,22,26). The summed E-state index contributed by atoms with van der Waals surface area (Å²) in [5.41, 5.74) is 3.50. The van der Waals surface area contributed by atoms with Crippen LogP contribution in [-0.2, 0) is 4.79 Å². The number of fused-ring (bicyclic) bond motifs is 1. The average Bonchev–Trinajstić information content (AvgIpc) is 2.94. The summed E-state index contributed by atoms with van der Waals surface area (Å²) in [4.78, 5) is 25.2. The van der Waals surface area contributed by atoms with Gasteiger partial charge in [-0.3, -0.25) is 4.79 Å². The Morgan fingerprint density at radius 2 is 1.96 bits per heavy atom. The lowest BCUT2D eigenvalue weighted by Gasteiger charge is -2.33. The van der Waals surface area contributed by atoms with Crippen LogP contribution in [0.25, 0.3) is 0 Å². The maximum atomic E-state index is 12.0. The zero-order valence-corrected chi connectivity index (χ0v) is 15.6. The van der Waals surface area contributed by atoms with Crippen molar-refractivity contribution in [3.05, 3.63) is 57.6 Å². The molecule has 5 nitrogen and oxygen atoms in total. The van der Waals surface area contributed by atoms with Gasteiger partial charge in [0.1, 0.15) is 0 Å². The number of imide groups is 1. The highest BCUT2D eigenvalue weighted by molar-refractivity contribution is 6.36. The molecule has 0 aromatic heterocycles. The molecule has 1 fully saturated rings. The molecule has 2 aliphatic heterocycles. The van der Waals surface area contributed by atoms with Crippen LogP contribution >= 0.6 is 23.2 Å². The Morgan fingerprint density at radius 3 is 2.69 bits per heavy atom. The van der Waals surface area contributed by atoms with Crippen LogP contribution in [-0.4, -0.2) is 24.5 Å². The highest BCUT2D eigenvalue weighted by Gasteiger charge is 2.32. The first kappa shape index (κ1) is 17.2. The maximum absolute atomic E-state index is 12.0. The van der Waals surface area contributed by atoms with Gasteiger partial charge >= 0.3 is 6.03 Å². The monoisotopic (exact) mass is 389 g/mol. The Labute approximate surface area is 161 Å².